The van der Waals surface area contributed by atoms with Crippen LogP contribution in [0.1, 0.15) is 31.4 Å². The Morgan fingerprint density at radius 1 is 1.19 bits per heavy atom. The molecule has 3 nitrogen and oxygen atoms in total. The number of carbonyl (C=O) groups excluding carboxylic acids is 1. The molecule has 0 aliphatic carbocycles. The number of nitrogens with zero attached hydrogens (tertiary/aromatic N) is 2. The van der Waals surface area contributed by atoms with Crippen LogP contribution in [0.2, 0.25) is 0 Å². The smallest absolute Gasteiger partial charge is 0.222 e. The minimum atomic E-state index is 0.339. The summed E-state index contributed by atoms with van der Waals surface area (Å²) in [5.74, 6) is 1.53. The molecule has 0 bridgehead atoms. The molecule has 3 rings (SSSR count). The van der Waals surface area contributed by atoms with E-state index in [0.717, 1.165) is 39.0 Å². The van der Waals surface area contributed by atoms with Crippen LogP contribution in [-0.4, -0.2) is 52.9 Å². The van der Waals surface area contributed by atoms with Gasteiger partial charge in [-0.2, -0.15) is 11.8 Å². The molecule has 0 aromatic heterocycles. The summed E-state index contributed by atoms with van der Waals surface area (Å²) in [6.07, 6.45) is 1.78. The molecular formula is C17H24N2OS. The van der Waals surface area contributed by atoms with Gasteiger partial charge in [0.1, 0.15) is 0 Å². The summed E-state index contributed by atoms with van der Waals surface area (Å²) in [6, 6.07) is 11.3. The molecule has 21 heavy (non-hydrogen) atoms. The maximum Gasteiger partial charge on any atom is 0.222 e. The molecule has 2 saturated heterocycles. The van der Waals surface area contributed by atoms with Gasteiger partial charge in [0.2, 0.25) is 5.91 Å². The molecule has 1 aromatic carbocycles. The SMILES string of the molecule is CC1SCCN(CCN2CCCC2=O)C1c1ccccc1. The molecule has 2 fully saturated rings. The Bertz CT molecular complexity index is 479. The highest BCUT2D eigenvalue weighted by Gasteiger charge is 2.31. The van der Waals surface area contributed by atoms with Crippen molar-refractivity contribution in [2.45, 2.75) is 31.1 Å². The number of benzene rings is 1. The number of amides is 1. The van der Waals surface area contributed by atoms with Gasteiger partial charge in [-0.1, -0.05) is 37.3 Å². The zero-order valence-electron chi connectivity index (χ0n) is 12.7. The summed E-state index contributed by atoms with van der Waals surface area (Å²) >= 11 is 2.06. The van der Waals surface area contributed by atoms with Gasteiger partial charge < -0.3 is 4.90 Å². The summed E-state index contributed by atoms with van der Waals surface area (Å²) in [5, 5.41) is 0.607. The largest absolute Gasteiger partial charge is 0.341 e. The third kappa shape index (κ3) is 3.43. The lowest BCUT2D eigenvalue weighted by atomic mass is 10.0. The van der Waals surface area contributed by atoms with E-state index in [9.17, 15) is 4.79 Å². The third-order valence-electron chi connectivity index (χ3n) is 4.57. The van der Waals surface area contributed by atoms with Crippen molar-refractivity contribution in [3.8, 4) is 0 Å². The second kappa shape index (κ2) is 6.84. The predicted octanol–water partition coefficient (Wildman–Crippen LogP) is 2.79. The second-order valence-corrected chi connectivity index (χ2v) is 7.44. The summed E-state index contributed by atoms with van der Waals surface area (Å²) in [4.78, 5) is 16.4. The zero-order chi connectivity index (χ0) is 14.7. The van der Waals surface area contributed by atoms with Gasteiger partial charge in [0.15, 0.2) is 0 Å². The molecule has 1 aromatic rings. The van der Waals surface area contributed by atoms with E-state index in [1.165, 1.54) is 11.3 Å². The molecule has 2 aliphatic heterocycles. The van der Waals surface area contributed by atoms with Crippen molar-refractivity contribution in [1.82, 2.24) is 9.80 Å². The monoisotopic (exact) mass is 304 g/mol. The summed E-state index contributed by atoms with van der Waals surface area (Å²) in [5.41, 5.74) is 1.41. The highest BCUT2D eigenvalue weighted by Crippen LogP contribution is 2.35. The average molecular weight is 304 g/mol. The lowest BCUT2D eigenvalue weighted by Crippen LogP contribution is -2.44. The number of thioether (sulfide) groups is 1. The lowest BCUT2D eigenvalue weighted by Gasteiger charge is -2.40. The van der Waals surface area contributed by atoms with Crippen LogP contribution in [0.5, 0.6) is 0 Å². The summed E-state index contributed by atoms with van der Waals surface area (Å²) in [7, 11) is 0. The molecule has 1 amide bonds. The highest BCUT2D eigenvalue weighted by molar-refractivity contribution is 8.00. The Morgan fingerprint density at radius 2 is 2.00 bits per heavy atom. The Labute approximate surface area is 131 Å². The first-order valence-electron chi connectivity index (χ1n) is 7.94. The van der Waals surface area contributed by atoms with Crippen molar-refractivity contribution in [3.05, 3.63) is 35.9 Å². The van der Waals surface area contributed by atoms with E-state index in [1.807, 2.05) is 4.90 Å². The van der Waals surface area contributed by atoms with Gasteiger partial charge in [0.25, 0.3) is 0 Å². The van der Waals surface area contributed by atoms with Gasteiger partial charge in [-0.05, 0) is 12.0 Å². The summed E-state index contributed by atoms with van der Waals surface area (Å²) in [6.45, 7) is 6.29. The number of hydrogen-bond acceptors (Lipinski definition) is 3. The van der Waals surface area contributed by atoms with Gasteiger partial charge in [0, 0.05) is 49.6 Å². The van der Waals surface area contributed by atoms with E-state index in [2.05, 4.69) is 53.9 Å². The molecule has 0 radical (unpaired) electrons. The lowest BCUT2D eigenvalue weighted by molar-refractivity contribution is -0.127. The average Bonchev–Trinajstić information content (AvgIpc) is 2.91. The first-order valence-corrected chi connectivity index (χ1v) is 8.99. The third-order valence-corrected chi connectivity index (χ3v) is 5.77. The molecule has 2 aliphatic rings. The first kappa shape index (κ1) is 14.9. The van der Waals surface area contributed by atoms with Crippen molar-refractivity contribution in [1.29, 1.82) is 0 Å². The van der Waals surface area contributed by atoms with E-state index < -0.39 is 0 Å². The van der Waals surface area contributed by atoms with Crippen LogP contribution in [0.15, 0.2) is 30.3 Å². The number of likely N-dealkylation sites (tertiary alicyclic amines) is 1. The Balaban J connectivity index is 1.68. The normalized spacial score (nSPS) is 27.3. The van der Waals surface area contributed by atoms with Crippen LogP contribution in [-0.2, 0) is 4.79 Å². The fraction of sp³-hybridized carbons (Fsp3) is 0.588. The Morgan fingerprint density at radius 3 is 2.71 bits per heavy atom. The number of rotatable bonds is 4. The fourth-order valence-electron chi connectivity index (χ4n) is 3.46. The number of hydrogen-bond donors (Lipinski definition) is 0. The van der Waals surface area contributed by atoms with Gasteiger partial charge in [-0.25, -0.2) is 0 Å². The standard InChI is InChI=1S/C17H24N2OS/c1-14-17(15-6-3-2-4-7-15)19(12-13-21-14)11-10-18-9-5-8-16(18)20/h2-4,6-7,14,17H,5,8-13H2,1H3. The molecule has 2 heterocycles. The van der Waals surface area contributed by atoms with Gasteiger partial charge in [0.05, 0.1) is 0 Å². The molecule has 114 valence electrons. The minimum absolute atomic E-state index is 0.339. The maximum atomic E-state index is 11.8. The Hall–Kier alpha value is -1.00. The fourth-order valence-corrected chi connectivity index (χ4v) is 4.68. The van der Waals surface area contributed by atoms with Crippen LogP contribution < -0.4 is 0 Å². The van der Waals surface area contributed by atoms with Gasteiger partial charge >= 0.3 is 0 Å². The van der Waals surface area contributed by atoms with Crippen molar-refractivity contribution in [2.75, 3.05) is 31.9 Å². The molecule has 2 unspecified atom stereocenters. The van der Waals surface area contributed by atoms with Crippen LogP contribution in [0.3, 0.4) is 0 Å². The van der Waals surface area contributed by atoms with E-state index >= 15 is 0 Å². The van der Waals surface area contributed by atoms with Crippen molar-refractivity contribution in [2.24, 2.45) is 0 Å². The maximum absolute atomic E-state index is 11.8. The molecule has 0 N–H and O–H groups in total. The van der Waals surface area contributed by atoms with Crippen LogP contribution >= 0.6 is 11.8 Å². The quantitative estimate of drug-likeness (QED) is 0.854. The van der Waals surface area contributed by atoms with Crippen LogP contribution in [0, 0.1) is 0 Å². The topological polar surface area (TPSA) is 23.6 Å². The zero-order valence-corrected chi connectivity index (χ0v) is 13.5. The van der Waals surface area contributed by atoms with E-state index in [4.69, 9.17) is 0 Å². The van der Waals surface area contributed by atoms with Gasteiger partial charge in [-0.15, -0.1) is 0 Å². The van der Waals surface area contributed by atoms with E-state index in [0.29, 0.717) is 17.2 Å². The highest BCUT2D eigenvalue weighted by atomic mass is 32.2. The molecule has 0 spiro atoms. The van der Waals surface area contributed by atoms with Gasteiger partial charge in [-0.3, -0.25) is 9.69 Å². The van der Waals surface area contributed by atoms with Crippen LogP contribution in [0.4, 0.5) is 0 Å². The Kier molecular flexibility index (Phi) is 4.86. The predicted molar refractivity (Wildman–Crippen MR) is 88.5 cm³/mol. The molecule has 0 saturated carbocycles. The molecule has 2 atom stereocenters. The minimum Gasteiger partial charge on any atom is -0.341 e. The van der Waals surface area contributed by atoms with Crippen LogP contribution in [0.25, 0.3) is 0 Å². The molecular weight excluding hydrogens is 280 g/mol. The number of carbonyl (C=O) groups is 1. The second-order valence-electron chi connectivity index (χ2n) is 5.95. The van der Waals surface area contributed by atoms with Crippen molar-refractivity contribution >= 4 is 17.7 Å². The summed E-state index contributed by atoms with van der Waals surface area (Å²) < 4.78 is 0. The van der Waals surface area contributed by atoms with E-state index in [1.54, 1.807) is 0 Å². The first-order chi connectivity index (χ1) is 10.3. The molecule has 4 heteroatoms. The van der Waals surface area contributed by atoms with E-state index in [-0.39, 0.29) is 0 Å². The van der Waals surface area contributed by atoms with Crippen molar-refractivity contribution in [3.63, 3.8) is 0 Å². The van der Waals surface area contributed by atoms with Crippen molar-refractivity contribution < 1.29 is 4.79 Å².